The molecule has 1 unspecified atom stereocenters. The molecule has 13 heavy (non-hydrogen) atoms. The molecule has 0 bridgehead atoms. The van der Waals surface area contributed by atoms with Crippen LogP contribution in [-0.2, 0) is 0 Å². The van der Waals surface area contributed by atoms with Gasteiger partial charge in [0.05, 0.1) is 0 Å². The Morgan fingerprint density at radius 3 is 2.77 bits per heavy atom. The molecule has 0 aromatic heterocycles. The summed E-state index contributed by atoms with van der Waals surface area (Å²) in [6.45, 7) is 0. The molecule has 1 aliphatic rings. The molecule has 1 aliphatic heterocycles. The standard InChI is InChI=1S/C12H14S/c1-2-5-11(6-3-1)8-9-12-7-4-10-13-12/h1-3,5-6,8-9,12H,4,7,10H2/b9-8+. The zero-order valence-corrected chi connectivity index (χ0v) is 8.46. The van der Waals surface area contributed by atoms with Crippen LogP contribution < -0.4 is 0 Å². The van der Waals surface area contributed by atoms with E-state index in [0.717, 1.165) is 5.25 Å². The summed E-state index contributed by atoms with van der Waals surface area (Å²) in [5, 5.41) is 0.764. The molecule has 0 saturated carbocycles. The van der Waals surface area contributed by atoms with Crippen LogP contribution in [0.4, 0.5) is 0 Å². The van der Waals surface area contributed by atoms with Gasteiger partial charge in [0.2, 0.25) is 0 Å². The van der Waals surface area contributed by atoms with E-state index in [9.17, 15) is 0 Å². The van der Waals surface area contributed by atoms with Crippen molar-refractivity contribution >= 4 is 17.8 Å². The Morgan fingerprint density at radius 1 is 1.23 bits per heavy atom. The van der Waals surface area contributed by atoms with Crippen LogP contribution >= 0.6 is 11.8 Å². The van der Waals surface area contributed by atoms with Crippen molar-refractivity contribution in [1.29, 1.82) is 0 Å². The van der Waals surface area contributed by atoms with Crippen LogP contribution in [0.1, 0.15) is 18.4 Å². The maximum absolute atomic E-state index is 2.34. The van der Waals surface area contributed by atoms with E-state index < -0.39 is 0 Å². The third kappa shape index (κ3) is 2.63. The van der Waals surface area contributed by atoms with Gasteiger partial charge in [0.1, 0.15) is 0 Å². The van der Waals surface area contributed by atoms with Crippen LogP contribution in [0.25, 0.3) is 6.08 Å². The van der Waals surface area contributed by atoms with Gasteiger partial charge >= 0.3 is 0 Å². The van der Waals surface area contributed by atoms with Crippen molar-refractivity contribution in [2.75, 3.05) is 5.75 Å². The van der Waals surface area contributed by atoms with Crippen LogP contribution in [0.3, 0.4) is 0 Å². The van der Waals surface area contributed by atoms with E-state index in [1.807, 2.05) is 0 Å². The predicted octanol–water partition coefficient (Wildman–Crippen LogP) is 3.60. The molecule has 1 aromatic rings. The van der Waals surface area contributed by atoms with Crippen LogP contribution in [0.2, 0.25) is 0 Å². The third-order valence-electron chi connectivity index (χ3n) is 2.27. The molecule has 0 radical (unpaired) electrons. The van der Waals surface area contributed by atoms with Gasteiger partial charge in [-0.1, -0.05) is 42.5 Å². The smallest absolute Gasteiger partial charge is 0.0230 e. The SMILES string of the molecule is C(=C\C1CCCS1)/c1ccccc1. The van der Waals surface area contributed by atoms with Gasteiger partial charge in [-0.2, -0.15) is 11.8 Å². The van der Waals surface area contributed by atoms with Gasteiger partial charge in [-0.25, -0.2) is 0 Å². The van der Waals surface area contributed by atoms with Crippen LogP contribution in [0.15, 0.2) is 36.4 Å². The Hall–Kier alpha value is -0.690. The lowest BCUT2D eigenvalue weighted by Crippen LogP contribution is -1.87. The molecular formula is C12H14S. The number of rotatable bonds is 2. The minimum Gasteiger partial charge on any atom is -0.154 e. The Labute approximate surface area is 84.0 Å². The predicted molar refractivity (Wildman–Crippen MR) is 61.0 cm³/mol. The number of benzene rings is 1. The van der Waals surface area contributed by atoms with E-state index in [4.69, 9.17) is 0 Å². The van der Waals surface area contributed by atoms with E-state index in [2.05, 4.69) is 54.2 Å². The van der Waals surface area contributed by atoms with E-state index in [0.29, 0.717) is 0 Å². The highest BCUT2D eigenvalue weighted by atomic mass is 32.2. The molecule has 0 amide bonds. The Kier molecular flexibility index (Phi) is 3.09. The molecule has 1 aromatic carbocycles. The second kappa shape index (κ2) is 4.52. The van der Waals surface area contributed by atoms with Gasteiger partial charge in [0.15, 0.2) is 0 Å². The van der Waals surface area contributed by atoms with Gasteiger partial charge < -0.3 is 0 Å². The first-order valence-electron chi connectivity index (χ1n) is 4.80. The topological polar surface area (TPSA) is 0 Å². The Balaban J connectivity index is 1.97. The van der Waals surface area contributed by atoms with Gasteiger partial charge in [-0.3, -0.25) is 0 Å². The minimum absolute atomic E-state index is 0.764. The average Bonchev–Trinajstić information content (AvgIpc) is 2.69. The van der Waals surface area contributed by atoms with Crippen LogP contribution in [-0.4, -0.2) is 11.0 Å². The lowest BCUT2D eigenvalue weighted by atomic mass is 10.2. The summed E-state index contributed by atoms with van der Waals surface area (Å²) in [5.74, 6) is 1.34. The van der Waals surface area contributed by atoms with E-state index in [1.54, 1.807) is 0 Å². The second-order valence-corrected chi connectivity index (χ2v) is 4.67. The normalized spacial score (nSPS) is 22.6. The summed E-state index contributed by atoms with van der Waals surface area (Å²) in [5.41, 5.74) is 1.31. The molecule has 68 valence electrons. The summed E-state index contributed by atoms with van der Waals surface area (Å²) in [6, 6.07) is 10.5. The van der Waals surface area contributed by atoms with Crippen molar-refractivity contribution in [3.05, 3.63) is 42.0 Å². The van der Waals surface area contributed by atoms with Crippen molar-refractivity contribution in [3.8, 4) is 0 Å². The molecule has 1 fully saturated rings. The van der Waals surface area contributed by atoms with Crippen LogP contribution in [0.5, 0.6) is 0 Å². The highest BCUT2D eigenvalue weighted by Crippen LogP contribution is 2.27. The summed E-state index contributed by atoms with van der Waals surface area (Å²) in [6.07, 6.45) is 7.32. The summed E-state index contributed by atoms with van der Waals surface area (Å²) < 4.78 is 0. The van der Waals surface area contributed by atoms with E-state index in [1.165, 1.54) is 24.2 Å². The van der Waals surface area contributed by atoms with Crippen LogP contribution in [0, 0.1) is 0 Å². The van der Waals surface area contributed by atoms with Crippen molar-refractivity contribution < 1.29 is 0 Å². The molecule has 1 heterocycles. The van der Waals surface area contributed by atoms with E-state index in [-0.39, 0.29) is 0 Å². The monoisotopic (exact) mass is 190 g/mol. The first kappa shape index (κ1) is 8.89. The average molecular weight is 190 g/mol. The van der Waals surface area contributed by atoms with Crippen molar-refractivity contribution in [2.24, 2.45) is 0 Å². The van der Waals surface area contributed by atoms with Gasteiger partial charge in [-0.15, -0.1) is 0 Å². The Morgan fingerprint density at radius 2 is 2.08 bits per heavy atom. The maximum atomic E-state index is 2.34. The van der Waals surface area contributed by atoms with Gasteiger partial charge in [0.25, 0.3) is 0 Å². The van der Waals surface area contributed by atoms with Gasteiger partial charge in [-0.05, 0) is 24.2 Å². The van der Waals surface area contributed by atoms with Crippen molar-refractivity contribution in [2.45, 2.75) is 18.1 Å². The van der Waals surface area contributed by atoms with Gasteiger partial charge in [0, 0.05) is 5.25 Å². The number of hydrogen-bond acceptors (Lipinski definition) is 1. The number of hydrogen-bond donors (Lipinski definition) is 0. The molecule has 1 atom stereocenters. The highest BCUT2D eigenvalue weighted by molar-refractivity contribution is 8.00. The highest BCUT2D eigenvalue weighted by Gasteiger charge is 2.11. The summed E-state index contributed by atoms with van der Waals surface area (Å²) in [7, 11) is 0. The number of thioether (sulfide) groups is 1. The molecule has 0 nitrogen and oxygen atoms in total. The van der Waals surface area contributed by atoms with Crippen molar-refractivity contribution in [3.63, 3.8) is 0 Å². The summed E-state index contributed by atoms with van der Waals surface area (Å²) >= 11 is 2.07. The van der Waals surface area contributed by atoms with Crippen molar-refractivity contribution in [1.82, 2.24) is 0 Å². The largest absolute Gasteiger partial charge is 0.154 e. The molecule has 1 saturated heterocycles. The molecule has 1 heteroatoms. The summed E-state index contributed by atoms with van der Waals surface area (Å²) in [4.78, 5) is 0. The molecule has 0 aliphatic carbocycles. The quantitative estimate of drug-likeness (QED) is 0.686. The molecule has 2 rings (SSSR count). The maximum Gasteiger partial charge on any atom is 0.0230 e. The Bertz CT molecular complexity index is 270. The third-order valence-corrected chi connectivity index (χ3v) is 3.61. The molecule has 0 N–H and O–H groups in total. The lowest BCUT2D eigenvalue weighted by molar-refractivity contribution is 0.883. The zero-order chi connectivity index (χ0) is 8.93. The zero-order valence-electron chi connectivity index (χ0n) is 7.65. The molecular weight excluding hydrogens is 176 g/mol. The fraction of sp³-hybridized carbons (Fsp3) is 0.333. The minimum atomic E-state index is 0.764. The second-order valence-electron chi connectivity index (χ2n) is 3.32. The fourth-order valence-electron chi connectivity index (χ4n) is 1.54. The van der Waals surface area contributed by atoms with E-state index >= 15 is 0 Å². The fourth-order valence-corrected chi connectivity index (χ4v) is 2.70. The first-order chi connectivity index (χ1) is 6.45. The first-order valence-corrected chi connectivity index (χ1v) is 5.85. The lowest BCUT2D eigenvalue weighted by Gasteiger charge is -1.99. The molecule has 0 spiro atoms.